The summed E-state index contributed by atoms with van der Waals surface area (Å²) < 4.78 is 5.46. The molecule has 3 aliphatic heterocycles. The molecule has 0 spiro atoms. The van der Waals surface area contributed by atoms with Crippen molar-refractivity contribution in [3.63, 3.8) is 0 Å². The number of aromatic amines is 1. The zero-order valence-corrected chi connectivity index (χ0v) is 18.0. The number of piperidine rings is 1. The molecule has 1 aromatic carbocycles. The van der Waals surface area contributed by atoms with Crippen molar-refractivity contribution in [2.75, 3.05) is 54.9 Å². The minimum absolute atomic E-state index is 0.0896. The number of hydrogen-bond acceptors (Lipinski definition) is 8. The van der Waals surface area contributed by atoms with Gasteiger partial charge in [0.15, 0.2) is 0 Å². The first-order valence-electron chi connectivity index (χ1n) is 10.7. The lowest BCUT2D eigenvalue weighted by Gasteiger charge is -2.29. The van der Waals surface area contributed by atoms with Gasteiger partial charge in [0.2, 0.25) is 5.95 Å². The topological polar surface area (TPSA) is 94.3 Å². The third-order valence-electron chi connectivity index (χ3n) is 5.89. The minimum atomic E-state index is -0.171. The molecule has 3 aliphatic rings. The number of anilines is 3. The van der Waals surface area contributed by atoms with Crippen LogP contribution in [-0.4, -0.2) is 55.4 Å². The Balaban J connectivity index is 1.50. The summed E-state index contributed by atoms with van der Waals surface area (Å²) in [6, 6.07) is 6.48. The van der Waals surface area contributed by atoms with Crippen molar-refractivity contribution in [3.05, 3.63) is 39.7 Å². The zero-order valence-electron chi connectivity index (χ0n) is 17.2. The van der Waals surface area contributed by atoms with Crippen LogP contribution < -0.4 is 26.4 Å². The van der Waals surface area contributed by atoms with Crippen LogP contribution in [-0.2, 0) is 4.74 Å². The van der Waals surface area contributed by atoms with Crippen LogP contribution in [0.3, 0.4) is 0 Å². The molecule has 160 valence electrons. The van der Waals surface area contributed by atoms with Crippen molar-refractivity contribution in [1.29, 1.82) is 0 Å². The first kappa shape index (κ1) is 19.7. The fourth-order valence-electron chi connectivity index (χ4n) is 4.26. The molecule has 2 unspecified atom stereocenters. The summed E-state index contributed by atoms with van der Waals surface area (Å²) in [5.74, 6) is 1.31. The quantitative estimate of drug-likeness (QED) is 0.589. The number of aryl methyl sites for hydroxylation is 1. The van der Waals surface area contributed by atoms with E-state index in [0.717, 1.165) is 44.7 Å². The molecule has 8 nitrogen and oxygen atoms in total. The number of H-pyrrole nitrogens is 1. The van der Waals surface area contributed by atoms with Gasteiger partial charge in [0.05, 0.1) is 18.8 Å². The van der Waals surface area contributed by atoms with Gasteiger partial charge in [0.1, 0.15) is 11.2 Å². The van der Waals surface area contributed by atoms with E-state index in [2.05, 4.69) is 44.9 Å². The second-order valence-corrected chi connectivity index (χ2v) is 9.15. The summed E-state index contributed by atoms with van der Waals surface area (Å²) in [6.45, 7) is 6.78. The molecule has 0 aliphatic carbocycles. The lowest BCUT2D eigenvalue weighted by atomic mass is 10.1. The standard InChI is InChI=1S/C21H28N6O2S/c1-13-4-2-6-15-17(13)30-20(24-15)16-18(23-14-5-3-7-22-12-14)25-21(26-19(16)28)27-8-10-29-11-9-27/h2,4,6,14,20,22,24H,3,5,7-12H2,1H3,(H2,23,25,26,28). The highest BCUT2D eigenvalue weighted by Gasteiger charge is 2.31. The SMILES string of the molecule is Cc1cccc2c1SC(c1c(NC3CCCNC3)nc(N3CCOCC3)[nH]c1=O)N2. The molecule has 0 amide bonds. The van der Waals surface area contributed by atoms with Gasteiger partial charge < -0.3 is 25.6 Å². The molecule has 30 heavy (non-hydrogen) atoms. The third-order valence-corrected chi connectivity index (χ3v) is 7.25. The van der Waals surface area contributed by atoms with Gasteiger partial charge >= 0.3 is 0 Å². The van der Waals surface area contributed by atoms with E-state index in [1.807, 2.05) is 6.07 Å². The molecule has 4 heterocycles. The van der Waals surface area contributed by atoms with Crippen molar-refractivity contribution in [2.45, 2.75) is 36.1 Å². The van der Waals surface area contributed by atoms with E-state index in [-0.39, 0.29) is 17.0 Å². The number of benzene rings is 1. The second kappa shape index (κ2) is 8.49. The van der Waals surface area contributed by atoms with Crippen LogP contribution in [0.25, 0.3) is 0 Å². The molecular formula is C21H28N6O2S. The van der Waals surface area contributed by atoms with E-state index in [0.29, 0.717) is 30.5 Å². The number of nitrogens with zero attached hydrogens (tertiary/aromatic N) is 2. The molecule has 4 N–H and O–H groups in total. The first-order chi connectivity index (χ1) is 14.7. The normalized spacial score (nSPS) is 23.7. The van der Waals surface area contributed by atoms with Gasteiger partial charge in [-0.15, -0.1) is 0 Å². The number of fused-ring (bicyclic) bond motifs is 1. The van der Waals surface area contributed by atoms with Crippen molar-refractivity contribution in [2.24, 2.45) is 0 Å². The van der Waals surface area contributed by atoms with Gasteiger partial charge in [-0.1, -0.05) is 23.9 Å². The number of thioether (sulfide) groups is 1. The fourth-order valence-corrected chi connectivity index (χ4v) is 5.53. The average Bonchev–Trinajstić information content (AvgIpc) is 3.20. The highest BCUT2D eigenvalue weighted by molar-refractivity contribution is 8.00. The number of nitrogens with one attached hydrogen (secondary N) is 4. The van der Waals surface area contributed by atoms with Crippen LogP contribution in [0.2, 0.25) is 0 Å². The van der Waals surface area contributed by atoms with Crippen LogP contribution in [0.5, 0.6) is 0 Å². The Labute approximate surface area is 180 Å². The molecular weight excluding hydrogens is 400 g/mol. The molecule has 2 fully saturated rings. The van der Waals surface area contributed by atoms with E-state index in [4.69, 9.17) is 9.72 Å². The molecule has 1 aromatic heterocycles. The van der Waals surface area contributed by atoms with Gasteiger partial charge in [0.25, 0.3) is 5.56 Å². The van der Waals surface area contributed by atoms with E-state index < -0.39 is 0 Å². The molecule has 0 saturated carbocycles. The van der Waals surface area contributed by atoms with E-state index in [1.165, 1.54) is 10.5 Å². The summed E-state index contributed by atoms with van der Waals surface area (Å²) >= 11 is 1.69. The number of ether oxygens (including phenoxy) is 1. The molecule has 2 aromatic rings. The molecule has 0 bridgehead atoms. The van der Waals surface area contributed by atoms with Gasteiger partial charge in [-0.3, -0.25) is 9.78 Å². The maximum atomic E-state index is 13.3. The Morgan fingerprint density at radius 1 is 1.30 bits per heavy atom. The second-order valence-electron chi connectivity index (χ2n) is 8.03. The van der Waals surface area contributed by atoms with Crippen LogP contribution in [0.4, 0.5) is 17.5 Å². The van der Waals surface area contributed by atoms with E-state index >= 15 is 0 Å². The largest absolute Gasteiger partial charge is 0.378 e. The van der Waals surface area contributed by atoms with Crippen LogP contribution >= 0.6 is 11.8 Å². The van der Waals surface area contributed by atoms with Crippen molar-refractivity contribution in [1.82, 2.24) is 15.3 Å². The van der Waals surface area contributed by atoms with Crippen molar-refractivity contribution < 1.29 is 4.74 Å². The molecule has 9 heteroatoms. The highest BCUT2D eigenvalue weighted by atomic mass is 32.2. The lowest BCUT2D eigenvalue weighted by molar-refractivity contribution is 0.122. The fraction of sp³-hybridized carbons (Fsp3) is 0.524. The summed E-state index contributed by atoms with van der Waals surface area (Å²) in [7, 11) is 0. The summed E-state index contributed by atoms with van der Waals surface area (Å²) in [4.78, 5) is 24.5. The predicted molar refractivity (Wildman–Crippen MR) is 121 cm³/mol. The summed E-state index contributed by atoms with van der Waals surface area (Å²) in [5, 5.41) is 10.4. The Kier molecular flexibility index (Phi) is 5.58. The van der Waals surface area contributed by atoms with Gasteiger partial charge in [-0.25, -0.2) is 0 Å². The molecule has 0 radical (unpaired) electrons. The van der Waals surface area contributed by atoms with E-state index in [9.17, 15) is 4.79 Å². The maximum Gasteiger partial charge on any atom is 0.260 e. The van der Waals surface area contributed by atoms with Gasteiger partial charge in [0, 0.05) is 36.3 Å². The van der Waals surface area contributed by atoms with E-state index in [1.54, 1.807) is 11.8 Å². The summed E-state index contributed by atoms with van der Waals surface area (Å²) in [5.41, 5.74) is 2.87. The number of hydrogen-bond donors (Lipinski definition) is 4. The van der Waals surface area contributed by atoms with Gasteiger partial charge in [-0.2, -0.15) is 4.98 Å². The molecule has 5 rings (SSSR count). The monoisotopic (exact) mass is 428 g/mol. The third kappa shape index (κ3) is 3.89. The van der Waals surface area contributed by atoms with Crippen LogP contribution in [0.15, 0.2) is 27.9 Å². The van der Waals surface area contributed by atoms with Crippen LogP contribution in [0, 0.1) is 6.92 Å². The highest BCUT2D eigenvalue weighted by Crippen LogP contribution is 2.48. The Bertz CT molecular complexity index is 968. The Hall–Kier alpha value is -2.23. The number of morpholine rings is 1. The lowest BCUT2D eigenvalue weighted by Crippen LogP contribution is -2.41. The zero-order chi connectivity index (χ0) is 20.5. The van der Waals surface area contributed by atoms with Gasteiger partial charge in [-0.05, 0) is 37.9 Å². The number of rotatable bonds is 4. The molecule has 2 atom stereocenters. The Morgan fingerprint density at radius 3 is 2.93 bits per heavy atom. The number of aromatic nitrogens is 2. The van der Waals surface area contributed by atoms with Crippen molar-refractivity contribution in [3.8, 4) is 0 Å². The van der Waals surface area contributed by atoms with Crippen molar-refractivity contribution >= 4 is 29.2 Å². The predicted octanol–water partition coefficient (Wildman–Crippen LogP) is 2.30. The minimum Gasteiger partial charge on any atom is -0.378 e. The Morgan fingerprint density at radius 2 is 2.17 bits per heavy atom. The smallest absolute Gasteiger partial charge is 0.260 e. The molecule has 2 saturated heterocycles. The average molecular weight is 429 g/mol. The maximum absolute atomic E-state index is 13.3. The first-order valence-corrected chi connectivity index (χ1v) is 11.5. The van der Waals surface area contributed by atoms with Crippen LogP contribution in [0.1, 0.15) is 29.3 Å². The summed E-state index contributed by atoms with van der Waals surface area (Å²) in [6.07, 6.45) is 2.19.